The van der Waals surface area contributed by atoms with Crippen LogP contribution in [0.2, 0.25) is 0 Å². The van der Waals surface area contributed by atoms with Crippen LogP contribution in [-0.4, -0.2) is 8.07 Å². The smallest absolute Gasteiger partial charge is 0.179 e. The summed E-state index contributed by atoms with van der Waals surface area (Å²) in [5.41, 5.74) is 9.50. The molecule has 12 rings (SSSR count). The third-order valence-corrected chi connectivity index (χ3v) is 18.8. The molecular weight excluding hydrogens is 811 g/mol. The van der Waals surface area contributed by atoms with E-state index in [0.717, 1.165) is 55.7 Å². The zero-order valence-electron chi connectivity index (χ0n) is 34.9. The molecule has 12 aromatic rings. The molecule has 0 atom stereocenters. The quantitative estimate of drug-likeness (QED) is 0.106. The number of anilines is 3. The fourth-order valence-corrected chi connectivity index (χ4v) is 15.9. The Hall–Kier alpha value is -7.76. The van der Waals surface area contributed by atoms with E-state index in [1.165, 1.54) is 46.5 Å². The average molecular weight is 852 g/mol. The van der Waals surface area contributed by atoms with Crippen LogP contribution in [0.4, 0.5) is 17.1 Å². The molecule has 4 heteroatoms. The Morgan fingerprint density at radius 3 is 1.58 bits per heavy atom. The average Bonchev–Trinajstić information content (AvgIpc) is 3.95. The van der Waals surface area contributed by atoms with Crippen LogP contribution in [0.1, 0.15) is 0 Å². The van der Waals surface area contributed by atoms with Crippen molar-refractivity contribution >= 4 is 99.3 Å². The van der Waals surface area contributed by atoms with E-state index in [2.05, 4.69) is 248 Å². The molecule has 2 nitrogen and oxygen atoms in total. The Balaban J connectivity index is 1.12. The van der Waals surface area contributed by atoms with E-state index >= 15 is 0 Å². The molecular formula is C60H41NOSSi. The van der Waals surface area contributed by atoms with Crippen molar-refractivity contribution in [1.82, 2.24) is 0 Å². The fraction of sp³-hybridized carbons (Fsp3) is 0. The minimum absolute atomic E-state index is 0.854. The van der Waals surface area contributed by atoms with E-state index in [0.29, 0.717) is 0 Å². The molecule has 302 valence electrons. The summed E-state index contributed by atoms with van der Waals surface area (Å²) in [5, 5.41) is 10.1. The van der Waals surface area contributed by atoms with Gasteiger partial charge < -0.3 is 9.32 Å². The van der Waals surface area contributed by atoms with Gasteiger partial charge in [-0.05, 0) is 91.5 Å². The highest BCUT2D eigenvalue weighted by Crippen LogP contribution is 2.46. The van der Waals surface area contributed by atoms with Crippen LogP contribution in [-0.2, 0) is 0 Å². The van der Waals surface area contributed by atoms with E-state index < -0.39 is 8.07 Å². The van der Waals surface area contributed by atoms with Gasteiger partial charge in [0.15, 0.2) is 13.7 Å². The number of furan rings is 1. The van der Waals surface area contributed by atoms with E-state index in [1.54, 1.807) is 0 Å². The van der Waals surface area contributed by atoms with Crippen LogP contribution in [0.15, 0.2) is 253 Å². The van der Waals surface area contributed by atoms with E-state index in [1.807, 2.05) is 17.4 Å². The molecule has 0 saturated heterocycles. The molecule has 2 heterocycles. The maximum absolute atomic E-state index is 6.85. The SMILES string of the molecule is c1ccc(-c2cc(-c3cccc4c3sc3ccccc34)cc(N(c3ccc([Si](c4ccccc4)(c4ccccc4)c4ccccc4)cc3)c3cccc4c3oc3ccccc34)c2)cc1. The number of para-hydroxylation sites is 2. The molecule has 0 fully saturated rings. The molecule has 0 unspecified atom stereocenters. The predicted octanol–water partition coefficient (Wildman–Crippen LogP) is 14.1. The molecule has 0 aliphatic carbocycles. The first-order valence-electron chi connectivity index (χ1n) is 21.8. The van der Waals surface area contributed by atoms with Crippen molar-refractivity contribution in [2.75, 3.05) is 4.90 Å². The molecule has 0 bridgehead atoms. The van der Waals surface area contributed by atoms with Crippen molar-refractivity contribution < 1.29 is 4.42 Å². The lowest BCUT2D eigenvalue weighted by atomic mass is 9.96. The number of hydrogen-bond donors (Lipinski definition) is 0. The Bertz CT molecular complexity index is 3500. The van der Waals surface area contributed by atoms with Crippen LogP contribution < -0.4 is 25.6 Å². The number of thiophene rings is 1. The van der Waals surface area contributed by atoms with Crippen LogP contribution in [0, 0.1) is 0 Å². The van der Waals surface area contributed by atoms with E-state index in [9.17, 15) is 0 Å². The number of rotatable bonds is 9. The lowest BCUT2D eigenvalue weighted by Gasteiger charge is -2.35. The molecule has 0 amide bonds. The maximum Gasteiger partial charge on any atom is 0.179 e. The van der Waals surface area contributed by atoms with Crippen LogP contribution in [0.25, 0.3) is 64.4 Å². The third-order valence-electron chi connectivity index (χ3n) is 12.8. The highest BCUT2D eigenvalue weighted by Gasteiger charge is 2.41. The summed E-state index contributed by atoms with van der Waals surface area (Å²) in [6.45, 7) is 0. The summed E-state index contributed by atoms with van der Waals surface area (Å²) in [6, 6.07) is 91.1. The van der Waals surface area contributed by atoms with E-state index in [4.69, 9.17) is 4.42 Å². The van der Waals surface area contributed by atoms with Gasteiger partial charge in [-0.3, -0.25) is 0 Å². The van der Waals surface area contributed by atoms with Crippen LogP contribution >= 0.6 is 11.3 Å². The van der Waals surface area contributed by atoms with Crippen molar-refractivity contribution in [3.05, 3.63) is 249 Å². The number of benzene rings is 10. The summed E-state index contributed by atoms with van der Waals surface area (Å²) >= 11 is 1.87. The normalized spacial score (nSPS) is 11.8. The van der Waals surface area contributed by atoms with Crippen molar-refractivity contribution in [2.45, 2.75) is 0 Å². The Morgan fingerprint density at radius 2 is 0.891 bits per heavy atom. The summed E-state index contributed by atoms with van der Waals surface area (Å²) in [7, 11) is -2.76. The Morgan fingerprint density at radius 1 is 0.359 bits per heavy atom. The van der Waals surface area contributed by atoms with Gasteiger partial charge in [0, 0.05) is 42.3 Å². The molecule has 0 N–H and O–H groups in total. The zero-order chi connectivity index (χ0) is 42.5. The van der Waals surface area contributed by atoms with Gasteiger partial charge in [-0.2, -0.15) is 0 Å². The molecule has 0 aliphatic rings. The van der Waals surface area contributed by atoms with Crippen molar-refractivity contribution in [1.29, 1.82) is 0 Å². The van der Waals surface area contributed by atoms with Gasteiger partial charge in [-0.15, -0.1) is 11.3 Å². The second-order valence-electron chi connectivity index (χ2n) is 16.4. The molecule has 0 radical (unpaired) electrons. The minimum Gasteiger partial charge on any atom is -0.454 e. The first-order valence-corrected chi connectivity index (χ1v) is 24.6. The third kappa shape index (κ3) is 6.30. The Kier molecular flexibility index (Phi) is 9.40. The van der Waals surface area contributed by atoms with Gasteiger partial charge in [-0.1, -0.05) is 200 Å². The van der Waals surface area contributed by atoms with Crippen LogP contribution in [0.5, 0.6) is 0 Å². The number of hydrogen-bond acceptors (Lipinski definition) is 3. The van der Waals surface area contributed by atoms with Gasteiger partial charge in [-0.25, -0.2) is 0 Å². The first kappa shape index (κ1) is 38.0. The molecule has 0 spiro atoms. The van der Waals surface area contributed by atoms with Gasteiger partial charge in [0.2, 0.25) is 0 Å². The topological polar surface area (TPSA) is 16.4 Å². The standard InChI is InChI=1S/C60H41NOSSi/c1-5-19-42(20-6-1)43-39-44(51-29-17-31-55-53-28-14-16-34-58(53)63-60(51)55)41-46(40-43)61(56-32-18-30-54-52-27-13-15-33-57(52)62-59(54)56)45-35-37-50(38-36-45)64(47-21-7-2-8-22-47,48-23-9-3-10-24-48)49-25-11-4-12-26-49/h1-41H. The molecule has 0 saturated carbocycles. The predicted molar refractivity (Wildman–Crippen MR) is 276 cm³/mol. The maximum atomic E-state index is 6.85. The monoisotopic (exact) mass is 851 g/mol. The lowest BCUT2D eigenvalue weighted by Crippen LogP contribution is -2.74. The molecule has 64 heavy (non-hydrogen) atoms. The second kappa shape index (κ2) is 15.9. The van der Waals surface area contributed by atoms with Gasteiger partial charge in [0.1, 0.15) is 5.58 Å². The molecule has 10 aromatic carbocycles. The zero-order valence-corrected chi connectivity index (χ0v) is 36.8. The summed E-state index contributed by atoms with van der Waals surface area (Å²) in [6.07, 6.45) is 0. The molecule has 2 aromatic heterocycles. The minimum atomic E-state index is -2.76. The second-order valence-corrected chi connectivity index (χ2v) is 21.3. The van der Waals surface area contributed by atoms with Gasteiger partial charge >= 0.3 is 0 Å². The highest BCUT2D eigenvalue weighted by molar-refractivity contribution is 7.26. The largest absolute Gasteiger partial charge is 0.454 e. The summed E-state index contributed by atoms with van der Waals surface area (Å²) in [4.78, 5) is 2.41. The van der Waals surface area contributed by atoms with Crippen molar-refractivity contribution in [3.8, 4) is 22.3 Å². The summed E-state index contributed by atoms with van der Waals surface area (Å²) in [5.74, 6) is 0. The number of nitrogens with zero attached hydrogens (tertiary/aromatic N) is 1. The highest BCUT2D eigenvalue weighted by atomic mass is 32.1. The van der Waals surface area contributed by atoms with Crippen molar-refractivity contribution in [2.24, 2.45) is 0 Å². The molecule has 0 aliphatic heterocycles. The van der Waals surface area contributed by atoms with Gasteiger partial charge in [0.25, 0.3) is 0 Å². The Labute approximate surface area is 377 Å². The lowest BCUT2D eigenvalue weighted by molar-refractivity contribution is 0.669. The van der Waals surface area contributed by atoms with Crippen molar-refractivity contribution in [3.63, 3.8) is 0 Å². The fourth-order valence-electron chi connectivity index (χ4n) is 9.93. The van der Waals surface area contributed by atoms with Gasteiger partial charge in [0.05, 0.1) is 5.69 Å². The number of fused-ring (bicyclic) bond motifs is 6. The first-order chi connectivity index (χ1) is 31.7. The van der Waals surface area contributed by atoms with Crippen LogP contribution in [0.3, 0.4) is 0 Å². The summed E-state index contributed by atoms with van der Waals surface area (Å²) < 4.78 is 9.43. The van der Waals surface area contributed by atoms with E-state index in [-0.39, 0.29) is 0 Å².